The van der Waals surface area contributed by atoms with Crippen LogP contribution in [0, 0.1) is 0 Å². The zero-order chi connectivity index (χ0) is 18.8. The van der Waals surface area contributed by atoms with E-state index in [1.54, 1.807) is 11.8 Å². The number of carbonyl (C=O) groups is 1. The number of rotatable bonds is 9. The summed E-state index contributed by atoms with van der Waals surface area (Å²) in [5.41, 5.74) is 1.28. The van der Waals surface area contributed by atoms with E-state index in [0.29, 0.717) is 24.4 Å². The van der Waals surface area contributed by atoms with Crippen LogP contribution in [0.1, 0.15) is 75.2 Å². The smallest absolute Gasteiger partial charge is 0.233 e. The molecule has 2 saturated carbocycles. The van der Waals surface area contributed by atoms with E-state index in [9.17, 15) is 4.79 Å². The maximum atomic E-state index is 12.7. The zero-order valence-electron chi connectivity index (χ0n) is 16.1. The highest BCUT2D eigenvalue weighted by Gasteiger charge is 2.37. The standard InChI is InChI=1S/C21H28N4OS/c1-3-15(16-7-5-4-6-8-16)13-22-20(26)14(2)27-21-24-23-19(17-9-10-17)25(21)18-11-12-18/h4-8,14-15,17-18H,3,9-13H2,1-2H3,(H,22,26)/t14-,15+/m1/s1. The van der Waals surface area contributed by atoms with Gasteiger partial charge in [-0.25, -0.2) is 0 Å². The van der Waals surface area contributed by atoms with Gasteiger partial charge in [0.25, 0.3) is 0 Å². The molecular formula is C21H28N4OS. The van der Waals surface area contributed by atoms with E-state index >= 15 is 0 Å². The predicted octanol–water partition coefficient (Wildman–Crippen LogP) is 4.28. The second kappa shape index (κ2) is 8.05. The van der Waals surface area contributed by atoms with Gasteiger partial charge < -0.3 is 9.88 Å². The topological polar surface area (TPSA) is 59.8 Å². The minimum atomic E-state index is -0.174. The van der Waals surface area contributed by atoms with Gasteiger partial charge >= 0.3 is 0 Å². The molecule has 27 heavy (non-hydrogen) atoms. The number of amides is 1. The van der Waals surface area contributed by atoms with E-state index in [1.807, 2.05) is 13.0 Å². The van der Waals surface area contributed by atoms with Crippen LogP contribution < -0.4 is 5.32 Å². The molecule has 1 amide bonds. The van der Waals surface area contributed by atoms with Gasteiger partial charge in [-0.05, 0) is 44.6 Å². The molecule has 2 aliphatic carbocycles. The van der Waals surface area contributed by atoms with Crippen LogP contribution in [0.15, 0.2) is 35.5 Å². The molecule has 0 unspecified atom stereocenters. The summed E-state index contributed by atoms with van der Waals surface area (Å²) in [5.74, 6) is 2.16. The number of hydrogen-bond acceptors (Lipinski definition) is 4. The van der Waals surface area contributed by atoms with Crippen LogP contribution in [0.4, 0.5) is 0 Å². The molecule has 0 bridgehead atoms. The van der Waals surface area contributed by atoms with Crippen LogP contribution in [0.25, 0.3) is 0 Å². The largest absolute Gasteiger partial charge is 0.355 e. The summed E-state index contributed by atoms with van der Waals surface area (Å²) in [5, 5.41) is 12.7. The normalized spacial score (nSPS) is 18.9. The summed E-state index contributed by atoms with van der Waals surface area (Å²) >= 11 is 1.55. The Bertz CT molecular complexity index is 783. The molecule has 0 saturated heterocycles. The molecule has 1 aromatic carbocycles. The fourth-order valence-electron chi connectivity index (χ4n) is 3.47. The highest BCUT2D eigenvalue weighted by molar-refractivity contribution is 8.00. The molecule has 2 aromatic rings. The first-order valence-electron chi connectivity index (χ1n) is 10.1. The van der Waals surface area contributed by atoms with Gasteiger partial charge in [-0.1, -0.05) is 49.0 Å². The summed E-state index contributed by atoms with van der Waals surface area (Å²) in [6.45, 7) is 4.80. The number of carbonyl (C=O) groups excluding carboxylic acids is 1. The fourth-order valence-corrected chi connectivity index (χ4v) is 4.42. The molecule has 2 aliphatic rings. The summed E-state index contributed by atoms with van der Waals surface area (Å²) in [4.78, 5) is 12.7. The highest BCUT2D eigenvalue weighted by Crippen LogP contribution is 2.46. The Hall–Kier alpha value is -1.82. The van der Waals surface area contributed by atoms with Crippen molar-refractivity contribution in [1.29, 1.82) is 0 Å². The molecule has 144 valence electrons. The van der Waals surface area contributed by atoms with Crippen LogP contribution in [-0.2, 0) is 4.79 Å². The zero-order valence-corrected chi connectivity index (χ0v) is 16.9. The van der Waals surface area contributed by atoms with Gasteiger partial charge in [0, 0.05) is 24.4 Å². The predicted molar refractivity (Wildman–Crippen MR) is 108 cm³/mol. The van der Waals surface area contributed by atoms with E-state index in [-0.39, 0.29) is 11.2 Å². The number of benzene rings is 1. The second-order valence-corrected chi connectivity index (χ2v) is 9.05. The summed E-state index contributed by atoms with van der Waals surface area (Å²) in [7, 11) is 0. The maximum Gasteiger partial charge on any atom is 0.233 e. The molecule has 1 aromatic heterocycles. The molecule has 1 N–H and O–H groups in total. The number of thioether (sulfide) groups is 1. The second-order valence-electron chi connectivity index (χ2n) is 7.74. The number of nitrogens with one attached hydrogen (secondary N) is 1. The molecule has 2 atom stereocenters. The van der Waals surface area contributed by atoms with Crippen molar-refractivity contribution < 1.29 is 4.79 Å². The van der Waals surface area contributed by atoms with Crippen molar-refractivity contribution in [2.45, 2.75) is 74.2 Å². The van der Waals surface area contributed by atoms with Crippen molar-refractivity contribution in [3.05, 3.63) is 41.7 Å². The Kier molecular flexibility index (Phi) is 5.53. The number of nitrogens with zero attached hydrogens (tertiary/aromatic N) is 3. The lowest BCUT2D eigenvalue weighted by Gasteiger charge is -2.18. The maximum absolute atomic E-state index is 12.7. The summed E-state index contributed by atoms with van der Waals surface area (Å²) < 4.78 is 2.31. The third-order valence-corrected chi connectivity index (χ3v) is 6.54. The van der Waals surface area contributed by atoms with Crippen LogP contribution in [-0.4, -0.2) is 32.5 Å². The van der Waals surface area contributed by atoms with Crippen molar-refractivity contribution in [3.8, 4) is 0 Å². The molecular weight excluding hydrogens is 356 g/mol. The lowest BCUT2D eigenvalue weighted by atomic mass is 9.96. The van der Waals surface area contributed by atoms with Crippen molar-refractivity contribution in [2.75, 3.05) is 6.54 Å². The van der Waals surface area contributed by atoms with Gasteiger partial charge in [-0.15, -0.1) is 10.2 Å². The molecule has 0 spiro atoms. The molecule has 0 aliphatic heterocycles. The van der Waals surface area contributed by atoms with E-state index < -0.39 is 0 Å². The Morgan fingerprint density at radius 2 is 1.96 bits per heavy atom. The third kappa shape index (κ3) is 4.37. The van der Waals surface area contributed by atoms with Crippen molar-refractivity contribution in [2.24, 2.45) is 0 Å². The number of aromatic nitrogens is 3. The van der Waals surface area contributed by atoms with E-state index in [2.05, 4.69) is 51.3 Å². The molecule has 5 nitrogen and oxygen atoms in total. The van der Waals surface area contributed by atoms with Crippen molar-refractivity contribution in [1.82, 2.24) is 20.1 Å². The Labute approximate surface area is 165 Å². The molecule has 2 fully saturated rings. The van der Waals surface area contributed by atoms with Crippen molar-refractivity contribution >= 4 is 17.7 Å². The summed E-state index contributed by atoms with van der Waals surface area (Å²) in [6, 6.07) is 11.0. The van der Waals surface area contributed by atoms with Gasteiger partial charge in [0.05, 0.1) is 5.25 Å². The fraction of sp³-hybridized carbons (Fsp3) is 0.571. The first kappa shape index (κ1) is 18.5. The van der Waals surface area contributed by atoms with Crippen LogP contribution >= 0.6 is 11.8 Å². The average molecular weight is 385 g/mol. The summed E-state index contributed by atoms with van der Waals surface area (Å²) in [6.07, 6.45) is 5.88. The van der Waals surface area contributed by atoms with E-state index in [0.717, 1.165) is 17.4 Å². The molecule has 0 radical (unpaired) electrons. The van der Waals surface area contributed by atoms with E-state index in [4.69, 9.17) is 0 Å². The monoisotopic (exact) mass is 384 g/mol. The van der Waals surface area contributed by atoms with E-state index in [1.165, 1.54) is 31.2 Å². The first-order chi connectivity index (χ1) is 13.2. The highest BCUT2D eigenvalue weighted by atomic mass is 32.2. The number of hydrogen-bond donors (Lipinski definition) is 1. The van der Waals surface area contributed by atoms with Gasteiger partial charge in [0.15, 0.2) is 5.16 Å². The molecule has 4 rings (SSSR count). The SMILES string of the molecule is CC[C@@H](CNC(=O)[C@@H](C)Sc1nnc(C2CC2)n1C1CC1)c1ccccc1. The first-order valence-corrected chi connectivity index (χ1v) is 11.0. The van der Waals surface area contributed by atoms with Crippen molar-refractivity contribution in [3.63, 3.8) is 0 Å². The Morgan fingerprint density at radius 1 is 1.22 bits per heavy atom. The third-order valence-electron chi connectivity index (χ3n) is 5.48. The average Bonchev–Trinajstić information content (AvgIpc) is 3.62. The Morgan fingerprint density at radius 3 is 2.59 bits per heavy atom. The quantitative estimate of drug-likeness (QED) is 0.656. The lowest BCUT2D eigenvalue weighted by molar-refractivity contribution is -0.120. The minimum absolute atomic E-state index is 0.0766. The van der Waals surface area contributed by atoms with Gasteiger partial charge in [0.2, 0.25) is 5.91 Å². The van der Waals surface area contributed by atoms with Crippen LogP contribution in [0.5, 0.6) is 0 Å². The van der Waals surface area contributed by atoms with Gasteiger partial charge in [-0.3, -0.25) is 4.79 Å². The van der Waals surface area contributed by atoms with Crippen LogP contribution in [0.3, 0.4) is 0 Å². The van der Waals surface area contributed by atoms with Gasteiger partial charge in [-0.2, -0.15) is 0 Å². The van der Waals surface area contributed by atoms with Gasteiger partial charge in [0.1, 0.15) is 5.82 Å². The van der Waals surface area contributed by atoms with Crippen LogP contribution in [0.2, 0.25) is 0 Å². The Balaban J connectivity index is 1.36. The lowest BCUT2D eigenvalue weighted by Crippen LogP contribution is -2.34. The minimum Gasteiger partial charge on any atom is -0.355 e. The molecule has 6 heteroatoms. The molecule has 1 heterocycles.